The summed E-state index contributed by atoms with van der Waals surface area (Å²) >= 11 is 4.85. The van der Waals surface area contributed by atoms with Crippen LogP contribution in [0.25, 0.3) is 0 Å². The summed E-state index contributed by atoms with van der Waals surface area (Å²) in [5.74, 6) is 0. The smallest absolute Gasteiger partial charge is 0.212 e. The Hall–Kier alpha value is -3.43. The van der Waals surface area contributed by atoms with Crippen LogP contribution in [-0.4, -0.2) is 23.4 Å². The first kappa shape index (κ1) is 41.7. The van der Waals surface area contributed by atoms with Crippen LogP contribution < -0.4 is 9.80 Å². The molecule has 0 N–H and O–H groups in total. The zero-order valence-corrected chi connectivity index (χ0v) is 39.2. The first-order valence-electron chi connectivity index (χ1n) is 21.3. The van der Waals surface area contributed by atoms with Gasteiger partial charge in [0.2, 0.25) is 11.4 Å². The Bertz CT molecular complexity index is 2110. The number of allylic oxidation sites excluding steroid dienone is 8. The molecular formula is C52H60I2N3+. The molecule has 5 heteroatoms. The van der Waals surface area contributed by atoms with E-state index in [0.29, 0.717) is 0 Å². The van der Waals surface area contributed by atoms with Gasteiger partial charge in [-0.05, 0) is 131 Å². The fraction of sp³-hybridized carbons (Fsp3) is 0.365. The Kier molecular flexibility index (Phi) is 13.3. The van der Waals surface area contributed by atoms with Crippen molar-refractivity contribution in [3.8, 4) is 0 Å². The third kappa shape index (κ3) is 8.80. The summed E-state index contributed by atoms with van der Waals surface area (Å²) in [4.78, 5) is 5.24. The molecule has 296 valence electrons. The fourth-order valence-corrected chi connectivity index (χ4v) is 9.96. The fourth-order valence-electron chi connectivity index (χ4n) is 9.24. The summed E-state index contributed by atoms with van der Waals surface area (Å²) in [5, 5.41) is 0. The Balaban J connectivity index is 1.40. The third-order valence-electron chi connectivity index (χ3n) is 12.4. The molecule has 3 nitrogen and oxygen atoms in total. The highest BCUT2D eigenvalue weighted by atomic mass is 127. The van der Waals surface area contributed by atoms with Crippen molar-refractivity contribution in [2.24, 2.45) is 0 Å². The van der Waals surface area contributed by atoms with E-state index in [1.165, 1.54) is 108 Å². The molecule has 1 fully saturated rings. The number of hydrogen-bond acceptors (Lipinski definition) is 2. The standard InChI is InChI=1S/C52H60I2N3/c1-7-9-15-35-55-46-19-13-11-17-44(46)51(3,4)48(55)33-25-39-23-24-40(26-34-49-52(5,6)45-18-12-14-20-47(45)56(49)36-16-10-8-2)50(39)57(43-31-29-42(54)30-32-43)37-38-21-27-41(53)28-22-38/h11-14,17-22,25-34H,7-10,15-16,23-24,35-37H2,1-6H3/q+1. The largest absolute Gasteiger partial charge is 0.344 e. The molecule has 0 unspecified atom stereocenters. The molecule has 0 aromatic heterocycles. The minimum Gasteiger partial charge on any atom is -0.344 e. The molecule has 0 spiro atoms. The maximum Gasteiger partial charge on any atom is 0.212 e. The van der Waals surface area contributed by atoms with Crippen LogP contribution in [0.2, 0.25) is 0 Å². The number of rotatable bonds is 13. The van der Waals surface area contributed by atoms with E-state index in [2.05, 4.69) is 222 Å². The van der Waals surface area contributed by atoms with Gasteiger partial charge in [-0.1, -0.05) is 128 Å². The van der Waals surface area contributed by atoms with Gasteiger partial charge >= 0.3 is 0 Å². The van der Waals surface area contributed by atoms with E-state index in [1.54, 1.807) is 0 Å². The second kappa shape index (κ2) is 18.2. The van der Waals surface area contributed by atoms with E-state index >= 15 is 0 Å². The van der Waals surface area contributed by atoms with Gasteiger partial charge < -0.3 is 9.80 Å². The van der Waals surface area contributed by atoms with Crippen LogP contribution >= 0.6 is 45.2 Å². The molecule has 2 aliphatic heterocycles. The van der Waals surface area contributed by atoms with Crippen molar-refractivity contribution < 1.29 is 4.58 Å². The molecular weight excluding hydrogens is 920 g/mol. The van der Waals surface area contributed by atoms with Crippen molar-refractivity contribution in [3.05, 3.63) is 168 Å². The van der Waals surface area contributed by atoms with Gasteiger partial charge in [0, 0.05) is 82.7 Å². The topological polar surface area (TPSA) is 9.49 Å². The van der Waals surface area contributed by atoms with Crippen LogP contribution in [0.5, 0.6) is 0 Å². The monoisotopic (exact) mass is 980 g/mol. The van der Waals surface area contributed by atoms with Gasteiger partial charge in [0.05, 0.1) is 0 Å². The van der Waals surface area contributed by atoms with Crippen molar-refractivity contribution in [2.75, 3.05) is 22.9 Å². The molecule has 4 aromatic rings. The van der Waals surface area contributed by atoms with E-state index in [4.69, 9.17) is 0 Å². The van der Waals surface area contributed by atoms with E-state index < -0.39 is 0 Å². The highest BCUT2D eigenvalue weighted by Crippen LogP contribution is 2.49. The SMILES string of the molecule is CCCCCN1/C(=C/C=C2\CC/C(=C\C=C3\N(CCCCC)c4ccccc4C3(C)C)C2=[N+](Cc2ccc(I)cc2)c2ccc(I)cc2)C(C)(C)c2ccccc21. The molecule has 0 saturated heterocycles. The quantitative estimate of drug-likeness (QED) is 0.0750. The van der Waals surface area contributed by atoms with Gasteiger partial charge in [0.15, 0.2) is 6.54 Å². The minimum atomic E-state index is -0.0804. The molecule has 1 saturated carbocycles. The van der Waals surface area contributed by atoms with Crippen LogP contribution in [-0.2, 0) is 17.4 Å². The Labute approximate surface area is 370 Å². The lowest BCUT2D eigenvalue weighted by molar-refractivity contribution is -0.457. The number of anilines is 2. The molecule has 2 heterocycles. The Morgan fingerprint density at radius 2 is 1.00 bits per heavy atom. The highest BCUT2D eigenvalue weighted by molar-refractivity contribution is 14.1. The van der Waals surface area contributed by atoms with Gasteiger partial charge in [-0.2, -0.15) is 4.58 Å². The van der Waals surface area contributed by atoms with Gasteiger partial charge in [-0.25, -0.2) is 0 Å². The number of para-hydroxylation sites is 2. The number of hydrogen-bond donors (Lipinski definition) is 0. The van der Waals surface area contributed by atoms with E-state index in [1.807, 2.05) is 0 Å². The third-order valence-corrected chi connectivity index (χ3v) is 13.8. The Morgan fingerprint density at radius 1 is 0.561 bits per heavy atom. The maximum absolute atomic E-state index is 2.62. The van der Waals surface area contributed by atoms with Gasteiger partial charge in [0.1, 0.15) is 0 Å². The molecule has 4 aromatic carbocycles. The van der Waals surface area contributed by atoms with Gasteiger partial charge in [0.25, 0.3) is 0 Å². The van der Waals surface area contributed by atoms with Crippen molar-refractivity contribution in [3.63, 3.8) is 0 Å². The van der Waals surface area contributed by atoms with E-state index in [9.17, 15) is 0 Å². The number of halogens is 2. The van der Waals surface area contributed by atoms with E-state index in [0.717, 1.165) is 32.5 Å². The van der Waals surface area contributed by atoms with Crippen LogP contribution in [0.1, 0.15) is 110 Å². The molecule has 7 rings (SSSR count). The summed E-state index contributed by atoms with van der Waals surface area (Å²) in [7, 11) is 0. The first-order valence-corrected chi connectivity index (χ1v) is 23.4. The summed E-state index contributed by atoms with van der Waals surface area (Å²) in [6.07, 6.45) is 19.3. The molecule has 0 amide bonds. The lowest BCUT2D eigenvalue weighted by atomic mass is 9.83. The average Bonchev–Trinajstić information content (AvgIpc) is 3.78. The molecule has 57 heavy (non-hydrogen) atoms. The second-order valence-electron chi connectivity index (χ2n) is 17.0. The number of nitrogens with zero attached hydrogens (tertiary/aromatic N) is 3. The zero-order chi connectivity index (χ0) is 40.2. The predicted octanol–water partition coefficient (Wildman–Crippen LogP) is 14.6. The minimum absolute atomic E-state index is 0.0804. The molecule has 3 aliphatic rings. The molecule has 0 atom stereocenters. The van der Waals surface area contributed by atoms with Crippen molar-refractivity contribution in [2.45, 2.75) is 110 Å². The number of benzene rings is 4. The maximum atomic E-state index is 2.62. The van der Waals surface area contributed by atoms with Crippen molar-refractivity contribution >= 4 is 68.0 Å². The summed E-state index contributed by atoms with van der Waals surface area (Å²) in [6.45, 7) is 17.1. The first-order chi connectivity index (χ1) is 27.5. The molecule has 1 aliphatic carbocycles. The van der Waals surface area contributed by atoms with E-state index in [-0.39, 0.29) is 10.8 Å². The second-order valence-corrected chi connectivity index (χ2v) is 19.5. The van der Waals surface area contributed by atoms with Crippen LogP contribution in [0.15, 0.2) is 144 Å². The van der Waals surface area contributed by atoms with Gasteiger partial charge in [-0.15, -0.1) is 0 Å². The number of fused-ring (bicyclic) bond motifs is 2. The van der Waals surface area contributed by atoms with Crippen molar-refractivity contribution in [1.82, 2.24) is 0 Å². The van der Waals surface area contributed by atoms with Crippen molar-refractivity contribution in [1.29, 1.82) is 0 Å². The number of unbranched alkanes of at least 4 members (excludes halogenated alkanes) is 4. The van der Waals surface area contributed by atoms with Crippen LogP contribution in [0.4, 0.5) is 17.1 Å². The predicted molar refractivity (Wildman–Crippen MR) is 261 cm³/mol. The molecule has 0 radical (unpaired) electrons. The lowest BCUT2D eigenvalue weighted by Gasteiger charge is -2.27. The lowest BCUT2D eigenvalue weighted by Crippen LogP contribution is -2.27. The summed E-state index contributed by atoms with van der Waals surface area (Å²) < 4.78 is 5.11. The summed E-state index contributed by atoms with van der Waals surface area (Å²) in [5.41, 5.74) is 14.9. The molecule has 0 bridgehead atoms. The zero-order valence-electron chi connectivity index (χ0n) is 34.9. The normalized spacial score (nSPS) is 19.7. The highest BCUT2D eigenvalue weighted by Gasteiger charge is 2.41. The van der Waals surface area contributed by atoms with Crippen LogP contribution in [0.3, 0.4) is 0 Å². The summed E-state index contributed by atoms with van der Waals surface area (Å²) in [6, 6.07) is 36.4. The average molecular weight is 981 g/mol. The van der Waals surface area contributed by atoms with Gasteiger partial charge in [-0.3, -0.25) is 0 Å². The Morgan fingerprint density at radius 3 is 1.46 bits per heavy atom. The van der Waals surface area contributed by atoms with Crippen LogP contribution in [0, 0.1) is 7.14 Å².